The van der Waals surface area contributed by atoms with Crippen LogP contribution in [0.15, 0.2) is 76.0 Å². The number of nitrogens with one attached hydrogen (secondary N) is 1. The van der Waals surface area contributed by atoms with Gasteiger partial charge in [0.25, 0.3) is 0 Å². The second kappa shape index (κ2) is 5.11. The Morgan fingerprint density at radius 2 is 1.64 bits per heavy atom. The lowest BCUT2D eigenvalue weighted by atomic mass is 9.99. The minimum absolute atomic E-state index is 0.0655. The SMILES string of the molecule is O=c1c2ccc(Br)cc2[nH]c2cccc(-c3ccccc3)c12. The van der Waals surface area contributed by atoms with E-state index in [2.05, 4.69) is 20.9 Å². The Labute approximate surface area is 135 Å². The third-order valence-corrected chi connectivity index (χ3v) is 4.37. The lowest BCUT2D eigenvalue weighted by molar-refractivity contribution is 1.47. The first-order valence-corrected chi connectivity index (χ1v) is 7.83. The Balaban J connectivity index is 2.17. The van der Waals surface area contributed by atoms with Crippen LogP contribution in [0, 0.1) is 0 Å². The van der Waals surface area contributed by atoms with Crippen LogP contribution in [-0.4, -0.2) is 4.98 Å². The number of hydrogen-bond acceptors (Lipinski definition) is 1. The fraction of sp³-hybridized carbons (Fsp3) is 0. The van der Waals surface area contributed by atoms with Crippen molar-refractivity contribution >= 4 is 37.7 Å². The van der Waals surface area contributed by atoms with Gasteiger partial charge in [0.05, 0.1) is 16.4 Å². The number of pyridine rings is 1. The van der Waals surface area contributed by atoms with Crippen LogP contribution < -0.4 is 5.43 Å². The van der Waals surface area contributed by atoms with Crippen molar-refractivity contribution < 1.29 is 0 Å². The largest absolute Gasteiger partial charge is 0.354 e. The number of benzene rings is 3. The number of hydrogen-bond donors (Lipinski definition) is 1. The number of rotatable bonds is 1. The smallest absolute Gasteiger partial charge is 0.197 e. The zero-order chi connectivity index (χ0) is 15.1. The maximum absolute atomic E-state index is 13.0. The van der Waals surface area contributed by atoms with Crippen LogP contribution >= 0.6 is 15.9 Å². The van der Waals surface area contributed by atoms with Crippen LogP contribution in [0.5, 0.6) is 0 Å². The summed E-state index contributed by atoms with van der Waals surface area (Å²) in [5, 5.41) is 1.45. The summed E-state index contributed by atoms with van der Waals surface area (Å²) >= 11 is 3.45. The number of aromatic amines is 1. The molecule has 4 rings (SSSR count). The van der Waals surface area contributed by atoms with E-state index in [1.807, 2.05) is 66.7 Å². The van der Waals surface area contributed by atoms with E-state index in [1.165, 1.54) is 0 Å². The lowest BCUT2D eigenvalue weighted by Crippen LogP contribution is -2.05. The van der Waals surface area contributed by atoms with E-state index < -0.39 is 0 Å². The molecule has 0 spiro atoms. The Kier molecular flexibility index (Phi) is 3.09. The van der Waals surface area contributed by atoms with E-state index >= 15 is 0 Å². The monoisotopic (exact) mass is 349 g/mol. The molecule has 0 atom stereocenters. The van der Waals surface area contributed by atoms with Crippen molar-refractivity contribution in [2.45, 2.75) is 0 Å². The summed E-state index contributed by atoms with van der Waals surface area (Å²) in [5.74, 6) is 0. The van der Waals surface area contributed by atoms with E-state index in [9.17, 15) is 4.79 Å². The van der Waals surface area contributed by atoms with Gasteiger partial charge >= 0.3 is 0 Å². The van der Waals surface area contributed by atoms with E-state index in [0.717, 1.165) is 32.0 Å². The molecule has 0 fully saturated rings. The molecule has 3 heteroatoms. The molecule has 22 heavy (non-hydrogen) atoms. The maximum Gasteiger partial charge on any atom is 0.197 e. The average molecular weight is 350 g/mol. The number of aromatic nitrogens is 1. The van der Waals surface area contributed by atoms with Gasteiger partial charge in [-0.05, 0) is 35.4 Å². The molecule has 3 aromatic carbocycles. The first kappa shape index (κ1) is 13.3. The number of H-pyrrole nitrogens is 1. The van der Waals surface area contributed by atoms with Crippen molar-refractivity contribution in [3.05, 3.63) is 81.4 Å². The normalized spacial score (nSPS) is 11.1. The topological polar surface area (TPSA) is 32.9 Å². The van der Waals surface area contributed by atoms with Crippen molar-refractivity contribution in [3.63, 3.8) is 0 Å². The van der Waals surface area contributed by atoms with Crippen molar-refractivity contribution in [1.82, 2.24) is 4.98 Å². The van der Waals surface area contributed by atoms with Crippen molar-refractivity contribution in [2.75, 3.05) is 0 Å². The Morgan fingerprint density at radius 3 is 2.45 bits per heavy atom. The highest BCUT2D eigenvalue weighted by Gasteiger charge is 2.10. The van der Waals surface area contributed by atoms with E-state index in [-0.39, 0.29) is 5.43 Å². The van der Waals surface area contributed by atoms with Gasteiger partial charge in [-0.3, -0.25) is 4.79 Å². The molecule has 0 saturated heterocycles. The van der Waals surface area contributed by atoms with Crippen molar-refractivity contribution in [2.24, 2.45) is 0 Å². The van der Waals surface area contributed by atoms with Crippen molar-refractivity contribution in [3.8, 4) is 11.1 Å². The molecule has 0 aliphatic heterocycles. The van der Waals surface area contributed by atoms with Crippen LogP contribution in [0.25, 0.3) is 32.9 Å². The van der Waals surface area contributed by atoms with Crippen molar-refractivity contribution in [1.29, 1.82) is 0 Å². The van der Waals surface area contributed by atoms with Crippen LogP contribution in [0.2, 0.25) is 0 Å². The molecule has 106 valence electrons. The third-order valence-electron chi connectivity index (χ3n) is 3.87. The molecule has 0 unspecified atom stereocenters. The zero-order valence-electron chi connectivity index (χ0n) is 11.6. The van der Waals surface area contributed by atoms with Gasteiger partial charge in [0.15, 0.2) is 5.43 Å². The van der Waals surface area contributed by atoms with Gasteiger partial charge < -0.3 is 4.98 Å². The third kappa shape index (κ3) is 2.06. The zero-order valence-corrected chi connectivity index (χ0v) is 13.2. The highest BCUT2D eigenvalue weighted by atomic mass is 79.9. The number of fused-ring (bicyclic) bond motifs is 2. The second-order valence-corrected chi connectivity index (χ2v) is 6.15. The summed E-state index contributed by atoms with van der Waals surface area (Å²) < 4.78 is 0.953. The van der Waals surface area contributed by atoms with Gasteiger partial charge in [0, 0.05) is 9.86 Å². The summed E-state index contributed by atoms with van der Waals surface area (Å²) in [7, 11) is 0. The maximum atomic E-state index is 13.0. The fourth-order valence-corrected chi connectivity index (χ4v) is 3.22. The molecule has 0 aliphatic rings. The highest BCUT2D eigenvalue weighted by molar-refractivity contribution is 9.10. The van der Waals surface area contributed by atoms with Gasteiger partial charge in [-0.15, -0.1) is 0 Å². The molecule has 1 aromatic heterocycles. The van der Waals surface area contributed by atoms with Gasteiger partial charge in [0.1, 0.15) is 0 Å². The quantitative estimate of drug-likeness (QED) is 0.476. The first-order valence-electron chi connectivity index (χ1n) is 7.04. The summed E-state index contributed by atoms with van der Waals surface area (Å²) in [4.78, 5) is 16.3. The lowest BCUT2D eigenvalue weighted by Gasteiger charge is -2.08. The molecule has 0 saturated carbocycles. The predicted molar refractivity (Wildman–Crippen MR) is 95.2 cm³/mol. The molecule has 4 aromatic rings. The Bertz CT molecular complexity index is 1050. The molecular formula is C19H12BrNO. The van der Waals surface area contributed by atoms with E-state index in [4.69, 9.17) is 0 Å². The van der Waals surface area contributed by atoms with Gasteiger partial charge in [-0.2, -0.15) is 0 Å². The first-order chi connectivity index (χ1) is 10.7. The second-order valence-electron chi connectivity index (χ2n) is 5.24. The van der Waals surface area contributed by atoms with E-state index in [1.54, 1.807) is 0 Å². The summed E-state index contributed by atoms with van der Waals surface area (Å²) in [6.07, 6.45) is 0. The van der Waals surface area contributed by atoms with Gasteiger partial charge in [-0.1, -0.05) is 58.4 Å². The average Bonchev–Trinajstić information content (AvgIpc) is 2.55. The Hall–Kier alpha value is -2.39. The molecule has 1 N–H and O–H groups in total. The fourth-order valence-electron chi connectivity index (χ4n) is 2.86. The molecular weight excluding hydrogens is 338 g/mol. The van der Waals surface area contributed by atoms with Crippen LogP contribution in [-0.2, 0) is 0 Å². The molecule has 1 heterocycles. The van der Waals surface area contributed by atoms with Gasteiger partial charge in [-0.25, -0.2) is 0 Å². The summed E-state index contributed by atoms with van der Waals surface area (Å²) in [5.41, 5.74) is 3.78. The molecule has 0 amide bonds. The Morgan fingerprint density at radius 1 is 0.818 bits per heavy atom. The summed E-state index contributed by atoms with van der Waals surface area (Å²) in [6.45, 7) is 0. The van der Waals surface area contributed by atoms with Crippen LogP contribution in [0.3, 0.4) is 0 Å². The molecule has 0 radical (unpaired) electrons. The molecule has 0 aliphatic carbocycles. The number of halogens is 1. The summed E-state index contributed by atoms with van der Waals surface area (Å²) in [6, 6.07) is 21.6. The highest BCUT2D eigenvalue weighted by Crippen LogP contribution is 2.27. The minimum Gasteiger partial charge on any atom is -0.354 e. The molecule has 2 nitrogen and oxygen atoms in total. The standard InChI is InChI=1S/C19H12BrNO/c20-13-9-10-15-17(11-13)21-16-8-4-7-14(18(16)19(15)22)12-5-2-1-3-6-12/h1-11H,(H,21,22). The molecule has 0 bridgehead atoms. The van der Waals surface area contributed by atoms with Crippen LogP contribution in [0.1, 0.15) is 0 Å². The minimum atomic E-state index is 0.0655. The van der Waals surface area contributed by atoms with Crippen LogP contribution in [0.4, 0.5) is 0 Å². The predicted octanol–water partition coefficient (Wildman–Crippen LogP) is 5.11. The van der Waals surface area contributed by atoms with Gasteiger partial charge in [0.2, 0.25) is 0 Å². The van der Waals surface area contributed by atoms with E-state index in [0.29, 0.717) is 5.39 Å².